The summed E-state index contributed by atoms with van der Waals surface area (Å²) in [4.78, 5) is 7.13. The van der Waals surface area contributed by atoms with Crippen LogP contribution in [0.15, 0.2) is 65.3 Å². The largest absolute Gasteiger partial charge is 0.330 e. The number of hydrogen-bond donors (Lipinski definition) is 1. The van der Waals surface area contributed by atoms with Gasteiger partial charge < -0.3 is 5.73 Å². The number of halogens is 3. The van der Waals surface area contributed by atoms with E-state index in [1.165, 1.54) is 16.5 Å². The van der Waals surface area contributed by atoms with Crippen molar-refractivity contribution < 1.29 is 0 Å². The molecule has 0 aliphatic carbocycles. The van der Waals surface area contributed by atoms with Gasteiger partial charge in [-0.05, 0) is 41.8 Å². The van der Waals surface area contributed by atoms with Crippen molar-refractivity contribution >= 4 is 51.6 Å². The zero-order chi connectivity index (χ0) is 17.2. The molecule has 0 radical (unpaired) electrons. The summed E-state index contributed by atoms with van der Waals surface area (Å²) < 4.78 is 1.11. The molecular formula is C21H24BrCl2N3. The van der Waals surface area contributed by atoms with Crippen molar-refractivity contribution in [1.29, 1.82) is 0 Å². The molecule has 1 saturated heterocycles. The molecule has 0 saturated carbocycles. The lowest BCUT2D eigenvalue weighted by Crippen LogP contribution is -2.23. The van der Waals surface area contributed by atoms with Gasteiger partial charge in [0.15, 0.2) is 0 Å². The number of pyridine rings is 1. The first kappa shape index (κ1) is 22.1. The average molecular weight is 469 g/mol. The summed E-state index contributed by atoms with van der Waals surface area (Å²) in [5, 5.41) is 1.18. The van der Waals surface area contributed by atoms with Gasteiger partial charge in [0, 0.05) is 41.6 Å². The fourth-order valence-corrected chi connectivity index (χ4v) is 4.52. The second kappa shape index (κ2) is 9.85. The molecule has 2 aromatic carbocycles. The molecule has 2 heterocycles. The minimum atomic E-state index is 0. The topological polar surface area (TPSA) is 42.1 Å². The molecule has 0 spiro atoms. The molecule has 2 atom stereocenters. The molecule has 1 aliphatic rings. The molecule has 0 unspecified atom stereocenters. The molecule has 3 aromatic rings. The molecule has 0 bridgehead atoms. The zero-order valence-electron chi connectivity index (χ0n) is 14.9. The van der Waals surface area contributed by atoms with Crippen molar-refractivity contribution in [1.82, 2.24) is 9.88 Å². The maximum absolute atomic E-state index is 6.09. The number of hydrogen-bond acceptors (Lipinski definition) is 3. The average Bonchev–Trinajstić information content (AvgIpc) is 3.05. The fraction of sp³-hybridized carbons (Fsp3) is 0.286. The fourth-order valence-electron chi connectivity index (χ4n) is 4.00. The highest BCUT2D eigenvalue weighted by Crippen LogP contribution is 2.34. The lowest BCUT2D eigenvalue weighted by atomic mass is 9.89. The first-order valence-corrected chi connectivity index (χ1v) is 9.54. The molecule has 3 nitrogen and oxygen atoms in total. The Bertz CT molecular complexity index is 876. The van der Waals surface area contributed by atoms with Crippen LogP contribution in [0, 0.1) is 5.92 Å². The summed E-state index contributed by atoms with van der Waals surface area (Å²) in [5.41, 5.74) is 9.85. The van der Waals surface area contributed by atoms with E-state index in [2.05, 4.69) is 74.3 Å². The Balaban J connectivity index is 0.00000131. The molecule has 144 valence electrons. The first-order chi connectivity index (χ1) is 12.2. The lowest BCUT2D eigenvalue weighted by Gasteiger charge is -2.17. The Kier molecular flexibility index (Phi) is 8.07. The van der Waals surface area contributed by atoms with Gasteiger partial charge >= 0.3 is 0 Å². The molecule has 4 rings (SSSR count). The van der Waals surface area contributed by atoms with Crippen molar-refractivity contribution in [3.63, 3.8) is 0 Å². The van der Waals surface area contributed by atoms with Crippen LogP contribution < -0.4 is 5.73 Å². The van der Waals surface area contributed by atoms with Crippen LogP contribution in [0.4, 0.5) is 0 Å². The Labute approximate surface area is 181 Å². The van der Waals surface area contributed by atoms with Gasteiger partial charge in [0.05, 0.1) is 5.52 Å². The summed E-state index contributed by atoms with van der Waals surface area (Å²) in [6, 6.07) is 19.2. The van der Waals surface area contributed by atoms with E-state index >= 15 is 0 Å². The van der Waals surface area contributed by atoms with Gasteiger partial charge in [-0.3, -0.25) is 9.88 Å². The molecule has 0 amide bonds. The van der Waals surface area contributed by atoms with Crippen LogP contribution in [0.5, 0.6) is 0 Å². The van der Waals surface area contributed by atoms with Gasteiger partial charge in [-0.2, -0.15) is 0 Å². The lowest BCUT2D eigenvalue weighted by molar-refractivity contribution is 0.318. The molecule has 1 aliphatic heterocycles. The van der Waals surface area contributed by atoms with Crippen LogP contribution in [0.3, 0.4) is 0 Å². The minimum Gasteiger partial charge on any atom is -0.330 e. The Morgan fingerprint density at radius 3 is 2.56 bits per heavy atom. The van der Waals surface area contributed by atoms with E-state index in [1.54, 1.807) is 0 Å². The number of benzene rings is 2. The standard InChI is InChI=1S/C21H22BrN3.2ClH/c22-19-9-16-7-4-8-24-21(16)17(10-19)12-25-13-18(11-23)20(14-25)15-5-2-1-3-6-15;;/h1-10,18,20H,11-14,23H2;2*1H/t18-,20+;;/m1../s1. The van der Waals surface area contributed by atoms with Crippen LogP contribution in [-0.2, 0) is 6.54 Å². The Morgan fingerprint density at radius 2 is 1.81 bits per heavy atom. The second-order valence-corrected chi connectivity index (χ2v) is 7.76. The van der Waals surface area contributed by atoms with Crippen LogP contribution in [-0.4, -0.2) is 29.5 Å². The monoisotopic (exact) mass is 467 g/mol. The number of fused-ring (bicyclic) bond motifs is 1. The van der Waals surface area contributed by atoms with Crippen molar-refractivity contribution in [2.45, 2.75) is 12.5 Å². The third kappa shape index (κ3) is 4.82. The molecule has 6 heteroatoms. The van der Waals surface area contributed by atoms with Crippen LogP contribution in [0.25, 0.3) is 10.9 Å². The van der Waals surface area contributed by atoms with Gasteiger partial charge in [-0.1, -0.05) is 52.3 Å². The molecule has 1 aromatic heterocycles. The predicted octanol–water partition coefficient (Wildman–Crippen LogP) is 5.02. The quantitative estimate of drug-likeness (QED) is 0.584. The Morgan fingerprint density at radius 1 is 1.04 bits per heavy atom. The third-order valence-electron chi connectivity index (χ3n) is 5.19. The first-order valence-electron chi connectivity index (χ1n) is 8.75. The zero-order valence-corrected chi connectivity index (χ0v) is 18.1. The smallest absolute Gasteiger partial charge is 0.0747 e. The van der Waals surface area contributed by atoms with Crippen LogP contribution in [0.1, 0.15) is 17.0 Å². The second-order valence-electron chi connectivity index (χ2n) is 6.85. The van der Waals surface area contributed by atoms with E-state index < -0.39 is 0 Å². The maximum atomic E-state index is 6.09. The number of rotatable bonds is 4. The van der Waals surface area contributed by atoms with Gasteiger partial charge in [-0.15, -0.1) is 24.8 Å². The number of nitrogens with zero attached hydrogens (tertiary/aromatic N) is 2. The normalized spacial score (nSPS) is 19.5. The van der Waals surface area contributed by atoms with E-state index in [9.17, 15) is 0 Å². The summed E-state index contributed by atoms with van der Waals surface area (Å²) in [7, 11) is 0. The van der Waals surface area contributed by atoms with E-state index in [-0.39, 0.29) is 24.8 Å². The number of nitrogens with two attached hydrogens (primary N) is 1. The highest BCUT2D eigenvalue weighted by atomic mass is 79.9. The van der Waals surface area contributed by atoms with E-state index in [1.807, 2.05) is 12.3 Å². The van der Waals surface area contributed by atoms with Gasteiger partial charge in [-0.25, -0.2) is 0 Å². The summed E-state index contributed by atoms with van der Waals surface area (Å²) in [6.07, 6.45) is 1.87. The van der Waals surface area contributed by atoms with Crippen LogP contribution in [0.2, 0.25) is 0 Å². The molecule has 27 heavy (non-hydrogen) atoms. The van der Waals surface area contributed by atoms with E-state index in [4.69, 9.17) is 5.73 Å². The predicted molar refractivity (Wildman–Crippen MR) is 121 cm³/mol. The highest BCUT2D eigenvalue weighted by Gasteiger charge is 2.32. The summed E-state index contributed by atoms with van der Waals surface area (Å²) in [6.45, 7) is 3.73. The van der Waals surface area contributed by atoms with Crippen LogP contribution >= 0.6 is 40.7 Å². The molecular weight excluding hydrogens is 445 g/mol. The van der Waals surface area contributed by atoms with Gasteiger partial charge in [0.25, 0.3) is 0 Å². The van der Waals surface area contributed by atoms with Crippen molar-refractivity contribution in [3.05, 3.63) is 76.4 Å². The van der Waals surface area contributed by atoms with Crippen molar-refractivity contribution in [2.75, 3.05) is 19.6 Å². The minimum absolute atomic E-state index is 0. The Hall–Kier alpha value is -1.17. The molecule has 1 fully saturated rings. The number of likely N-dealkylation sites (tertiary alicyclic amines) is 1. The summed E-state index contributed by atoms with van der Waals surface area (Å²) in [5.74, 6) is 1.02. The van der Waals surface area contributed by atoms with E-state index in [0.29, 0.717) is 11.8 Å². The van der Waals surface area contributed by atoms with Crippen molar-refractivity contribution in [3.8, 4) is 0 Å². The number of aromatic nitrogens is 1. The third-order valence-corrected chi connectivity index (χ3v) is 5.65. The van der Waals surface area contributed by atoms with E-state index in [0.717, 1.165) is 36.2 Å². The SMILES string of the molecule is Cl.Cl.NC[C@@H]1CN(Cc2cc(Br)cc3cccnc23)C[C@H]1c1ccccc1. The van der Waals surface area contributed by atoms with Crippen molar-refractivity contribution in [2.24, 2.45) is 11.7 Å². The van der Waals surface area contributed by atoms with Gasteiger partial charge in [0.1, 0.15) is 0 Å². The summed E-state index contributed by atoms with van der Waals surface area (Å²) >= 11 is 3.64. The highest BCUT2D eigenvalue weighted by molar-refractivity contribution is 9.10. The maximum Gasteiger partial charge on any atom is 0.0747 e. The van der Waals surface area contributed by atoms with Gasteiger partial charge in [0.2, 0.25) is 0 Å². The molecule has 2 N–H and O–H groups in total.